The molecule has 0 radical (unpaired) electrons. The summed E-state index contributed by atoms with van der Waals surface area (Å²) in [5.74, 6) is -1.36. The van der Waals surface area contributed by atoms with Crippen LogP contribution in [-0.4, -0.2) is 35.6 Å². The van der Waals surface area contributed by atoms with Crippen molar-refractivity contribution in [3.05, 3.63) is 109 Å². The molecule has 1 unspecified atom stereocenters. The molecule has 1 atom stereocenters. The molecule has 0 rings (SSSR count). The topological polar surface area (TPSA) is 92.7 Å². The standard InChI is InChI=1S/C50H79NO5/c1-3-5-7-9-11-13-15-16-17-18-19-20-21-22-23-24-25-26-28-30-32-37-41-45-50(55)56-47(42-38-34-31-29-27-14-12-10-8-6-4-2)43-39-35-33-36-40-44-48(52)51-46-49(53)54/h5-8,11-14,16-17,19-20,22-23,29,31,38,42,47H,3-4,9-10,15,18,21,24-28,30,32-37,39-41,43-46H2,1-2H3,(H,51,52)(H,53,54)/b7-5-,8-6-,13-11-,14-12-,17-16-,20-19-,23-22-,31-29-,42-38-. The Balaban J connectivity index is 4.23. The van der Waals surface area contributed by atoms with Gasteiger partial charge in [0.15, 0.2) is 0 Å². The molecule has 0 aromatic rings. The summed E-state index contributed by atoms with van der Waals surface area (Å²) in [5.41, 5.74) is 0. The van der Waals surface area contributed by atoms with Crippen molar-refractivity contribution < 1.29 is 24.2 Å². The van der Waals surface area contributed by atoms with Gasteiger partial charge in [0.25, 0.3) is 0 Å². The lowest BCUT2D eigenvalue weighted by molar-refractivity contribution is -0.147. The number of carbonyl (C=O) groups is 3. The summed E-state index contributed by atoms with van der Waals surface area (Å²) in [5, 5.41) is 11.1. The van der Waals surface area contributed by atoms with Crippen molar-refractivity contribution in [2.45, 2.75) is 180 Å². The van der Waals surface area contributed by atoms with Gasteiger partial charge in [-0.05, 0) is 102 Å². The number of hydrogen-bond donors (Lipinski definition) is 2. The molecule has 6 nitrogen and oxygen atoms in total. The number of esters is 1. The lowest BCUT2D eigenvalue weighted by atomic mass is 10.1. The molecule has 0 fully saturated rings. The average Bonchev–Trinajstić information content (AvgIpc) is 3.18. The highest BCUT2D eigenvalue weighted by atomic mass is 16.5. The quantitative estimate of drug-likeness (QED) is 0.0370. The highest BCUT2D eigenvalue weighted by molar-refractivity contribution is 5.80. The highest BCUT2D eigenvalue weighted by Gasteiger charge is 2.11. The van der Waals surface area contributed by atoms with Gasteiger partial charge < -0.3 is 15.2 Å². The van der Waals surface area contributed by atoms with Crippen LogP contribution >= 0.6 is 0 Å². The fourth-order valence-corrected chi connectivity index (χ4v) is 5.74. The van der Waals surface area contributed by atoms with Gasteiger partial charge in [0.1, 0.15) is 12.6 Å². The molecule has 56 heavy (non-hydrogen) atoms. The van der Waals surface area contributed by atoms with Crippen LogP contribution in [0.1, 0.15) is 174 Å². The number of carboxylic acids is 1. The monoisotopic (exact) mass is 774 g/mol. The maximum Gasteiger partial charge on any atom is 0.322 e. The normalized spacial score (nSPS) is 13.2. The Morgan fingerprint density at radius 2 is 0.875 bits per heavy atom. The molecular formula is C50H79NO5. The van der Waals surface area contributed by atoms with Crippen molar-refractivity contribution in [2.24, 2.45) is 0 Å². The average molecular weight is 774 g/mol. The van der Waals surface area contributed by atoms with Gasteiger partial charge in [0.05, 0.1) is 0 Å². The molecule has 0 aliphatic carbocycles. The SMILES string of the molecule is CC/C=C\C/C=C\C/C=C\C/C=C\C/C=C\CCCCCCCCCC(=O)OC(/C=C\C/C=C\C/C=C\C/C=C\CC)CCCCCCCC(=O)NCC(=O)O. The van der Waals surface area contributed by atoms with Gasteiger partial charge in [0, 0.05) is 12.8 Å². The summed E-state index contributed by atoms with van der Waals surface area (Å²) in [4.78, 5) is 35.0. The van der Waals surface area contributed by atoms with Crippen LogP contribution in [-0.2, 0) is 19.1 Å². The van der Waals surface area contributed by atoms with Gasteiger partial charge in [-0.25, -0.2) is 0 Å². The second-order valence-corrected chi connectivity index (χ2v) is 14.2. The van der Waals surface area contributed by atoms with E-state index in [2.05, 4.69) is 122 Å². The Bertz CT molecular complexity index is 1220. The van der Waals surface area contributed by atoms with Crippen molar-refractivity contribution in [1.29, 1.82) is 0 Å². The molecular weight excluding hydrogens is 695 g/mol. The first-order chi connectivity index (χ1) is 27.5. The number of rotatable bonds is 38. The molecule has 0 spiro atoms. The van der Waals surface area contributed by atoms with Crippen LogP contribution in [0.4, 0.5) is 0 Å². The molecule has 2 N–H and O–H groups in total. The summed E-state index contributed by atoms with van der Waals surface area (Å²) in [6.45, 7) is 3.97. The minimum atomic E-state index is -1.03. The zero-order chi connectivity index (χ0) is 40.8. The molecule has 0 heterocycles. The predicted molar refractivity (Wildman–Crippen MR) is 240 cm³/mol. The van der Waals surface area contributed by atoms with Crippen molar-refractivity contribution in [3.63, 3.8) is 0 Å². The number of amides is 1. The molecule has 0 saturated heterocycles. The number of hydrogen-bond acceptors (Lipinski definition) is 4. The summed E-state index contributed by atoms with van der Waals surface area (Å²) in [6, 6.07) is 0. The third-order valence-electron chi connectivity index (χ3n) is 8.92. The summed E-state index contributed by atoms with van der Waals surface area (Å²) in [6.07, 6.45) is 63.7. The number of aliphatic carboxylic acids is 1. The van der Waals surface area contributed by atoms with Gasteiger partial charge in [-0.2, -0.15) is 0 Å². The first-order valence-electron chi connectivity index (χ1n) is 22.0. The van der Waals surface area contributed by atoms with E-state index < -0.39 is 5.97 Å². The van der Waals surface area contributed by atoms with E-state index in [1.54, 1.807) is 0 Å². The molecule has 0 aliphatic rings. The molecule has 0 aromatic carbocycles. The summed E-state index contributed by atoms with van der Waals surface area (Å²) < 4.78 is 5.91. The highest BCUT2D eigenvalue weighted by Crippen LogP contribution is 2.15. The zero-order valence-corrected chi connectivity index (χ0v) is 35.4. The van der Waals surface area contributed by atoms with Crippen molar-refractivity contribution in [3.8, 4) is 0 Å². The van der Waals surface area contributed by atoms with Crippen molar-refractivity contribution in [2.75, 3.05) is 6.54 Å². The fraction of sp³-hybridized carbons (Fsp3) is 0.580. The molecule has 0 saturated carbocycles. The zero-order valence-electron chi connectivity index (χ0n) is 35.4. The van der Waals surface area contributed by atoms with Gasteiger partial charge in [-0.3, -0.25) is 14.4 Å². The van der Waals surface area contributed by atoms with E-state index in [0.717, 1.165) is 122 Å². The molecule has 0 bridgehead atoms. The Hall–Kier alpha value is -3.93. The van der Waals surface area contributed by atoms with Crippen LogP contribution in [0.3, 0.4) is 0 Å². The largest absolute Gasteiger partial charge is 0.480 e. The predicted octanol–water partition coefficient (Wildman–Crippen LogP) is 13.9. The molecule has 314 valence electrons. The van der Waals surface area contributed by atoms with Gasteiger partial charge in [-0.15, -0.1) is 0 Å². The third kappa shape index (κ3) is 42.8. The van der Waals surface area contributed by atoms with E-state index >= 15 is 0 Å². The molecule has 0 aromatic heterocycles. The number of carboxylic acid groups (broad SMARTS) is 1. The first-order valence-corrected chi connectivity index (χ1v) is 22.0. The van der Waals surface area contributed by atoms with E-state index in [-0.39, 0.29) is 24.5 Å². The van der Waals surface area contributed by atoms with Crippen LogP contribution in [0, 0.1) is 0 Å². The van der Waals surface area contributed by atoms with Gasteiger partial charge in [0.2, 0.25) is 5.91 Å². The Labute approximate surface area is 342 Å². The van der Waals surface area contributed by atoms with E-state index in [9.17, 15) is 14.4 Å². The van der Waals surface area contributed by atoms with E-state index in [1.165, 1.54) is 25.7 Å². The van der Waals surface area contributed by atoms with Crippen LogP contribution in [0.15, 0.2) is 109 Å². The number of ether oxygens (including phenoxy) is 1. The second-order valence-electron chi connectivity index (χ2n) is 14.2. The molecule has 0 aliphatic heterocycles. The Morgan fingerprint density at radius 3 is 1.36 bits per heavy atom. The van der Waals surface area contributed by atoms with Crippen molar-refractivity contribution >= 4 is 17.8 Å². The maximum atomic E-state index is 12.7. The molecule has 1 amide bonds. The van der Waals surface area contributed by atoms with E-state index in [4.69, 9.17) is 9.84 Å². The van der Waals surface area contributed by atoms with Crippen LogP contribution < -0.4 is 5.32 Å². The minimum Gasteiger partial charge on any atom is -0.480 e. The number of unbranched alkanes of at least 4 members (excludes halogenated alkanes) is 11. The van der Waals surface area contributed by atoms with E-state index in [1.807, 2.05) is 6.08 Å². The van der Waals surface area contributed by atoms with E-state index in [0.29, 0.717) is 12.8 Å². The van der Waals surface area contributed by atoms with Gasteiger partial charge >= 0.3 is 11.9 Å². The smallest absolute Gasteiger partial charge is 0.322 e. The second kappa shape index (κ2) is 43.8. The number of carbonyl (C=O) groups excluding carboxylic acids is 2. The maximum absolute atomic E-state index is 12.7. The number of allylic oxidation sites excluding steroid dienone is 17. The third-order valence-corrected chi connectivity index (χ3v) is 8.92. The van der Waals surface area contributed by atoms with Crippen LogP contribution in [0.25, 0.3) is 0 Å². The minimum absolute atomic E-state index is 0.109. The van der Waals surface area contributed by atoms with Gasteiger partial charge in [-0.1, -0.05) is 169 Å². The van der Waals surface area contributed by atoms with Crippen LogP contribution in [0.5, 0.6) is 0 Å². The lowest BCUT2D eigenvalue weighted by Crippen LogP contribution is -2.28. The molecule has 6 heteroatoms. The fourth-order valence-electron chi connectivity index (χ4n) is 5.74. The number of nitrogens with one attached hydrogen (secondary N) is 1. The first kappa shape index (κ1) is 52.1. The van der Waals surface area contributed by atoms with Crippen LogP contribution in [0.2, 0.25) is 0 Å². The van der Waals surface area contributed by atoms with Crippen molar-refractivity contribution in [1.82, 2.24) is 5.32 Å². The Kier molecular flexibility index (Phi) is 40.7. The lowest BCUT2D eigenvalue weighted by Gasteiger charge is -2.14. The summed E-state index contributed by atoms with van der Waals surface area (Å²) in [7, 11) is 0. The Morgan fingerprint density at radius 1 is 0.482 bits per heavy atom. The summed E-state index contributed by atoms with van der Waals surface area (Å²) >= 11 is 0.